The molecule has 9 heteroatoms. The van der Waals surface area contributed by atoms with Gasteiger partial charge in [-0.15, -0.1) is 0 Å². The van der Waals surface area contributed by atoms with Gasteiger partial charge in [-0.1, -0.05) is 6.42 Å². The maximum absolute atomic E-state index is 13.6. The van der Waals surface area contributed by atoms with Gasteiger partial charge in [0.2, 0.25) is 0 Å². The molecule has 1 fully saturated rings. The highest BCUT2D eigenvalue weighted by Gasteiger charge is 2.50. The Morgan fingerprint density at radius 3 is 2.38 bits per heavy atom. The standard InChI is InChI=1S/C25H29N3O6/c1-32-18-11-9-16(10-12-18)26-23(29)15-27-20-14-22(34-3)21(33-2)13-19(20)24(30)28(25(27)31)17-7-5-4-6-8-17/h9-14,17,21H,4-8,15H2,1-3H3/p+1. The summed E-state index contributed by atoms with van der Waals surface area (Å²) in [6.07, 6.45) is 7.26. The molecule has 0 spiro atoms. The third kappa shape index (κ3) is 4.61. The SMILES string of the molecule is COC1=CC2=[N+](CC(=O)Nc3ccc(OC)cc3)C(=O)N(C3CCCCC3)C(=O)C2=CC1OC. The number of anilines is 1. The number of ether oxygens (including phenoxy) is 3. The summed E-state index contributed by atoms with van der Waals surface area (Å²) in [5, 5.41) is 2.81. The first-order valence-electron chi connectivity index (χ1n) is 11.4. The number of amides is 4. The second kappa shape index (κ2) is 10.2. The molecule has 0 bridgehead atoms. The molecule has 34 heavy (non-hydrogen) atoms. The van der Waals surface area contributed by atoms with E-state index in [4.69, 9.17) is 14.2 Å². The molecule has 1 heterocycles. The highest BCUT2D eigenvalue weighted by atomic mass is 16.5. The van der Waals surface area contributed by atoms with Crippen LogP contribution in [0.4, 0.5) is 10.5 Å². The number of hydrogen-bond donors (Lipinski definition) is 1. The van der Waals surface area contributed by atoms with Gasteiger partial charge in [0.15, 0.2) is 6.54 Å². The Bertz CT molecular complexity index is 1070. The van der Waals surface area contributed by atoms with Crippen LogP contribution >= 0.6 is 0 Å². The van der Waals surface area contributed by atoms with E-state index in [1.165, 1.54) is 23.7 Å². The molecule has 180 valence electrons. The summed E-state index contributed by atoms with van der Waals surface area (Å²) in [5.74, 6) is 0.383. The predicted molar refractivity (Wildman–Crippen MR) is 125 cm³/mol. The van der Waals surface area contributed by atoms with Crippen molar-refractivity contribution in [3.05, 3.63) is 47.7 Å². The molecule has 9 nitrogen and oxygen atoms in total. The van der Waals surface area contributed by atoms with Crippen molar-refractivity contribution in [2.75, 3.05) is 33.2 Å². The van der Waals surface area contributed by atoms with E-state index >= 15 is 0 Å². The zero-order valence-electron chi connectivity index (χ0n) is 19.7. The molecule has 0 radical (unpaired) electrons. The molecule has 1 aliphatic heterocycles. The van der Waals surface area contributed by atoms with Crippen LogP contribution in [0.2, 0.25) is 0 Å². The zero-order valence-corrected chi connectivity index (χ0v) is 19.7. The van der Waals surface area contributed by atoms with Gasteiger partial charge in [-0.25, -0.2) is 4.79 Å². The number of hydrogen-bond acceptors (Lipinski definition) is 6. The first-order chi connectivity index (χ1) is 16.5. The molecule has 4 rings (SSSR count). The number of carbonyl (C=O) groups excluding carboxylic acids is 3. The minimum Gasteiger partial charge on any atom is -0.498 e. The van der Waals surface area contributed by atoms with E-state index in [1.54, 1.807) is 43.5 Å². The minimum atomic E-state index is -0.552. The van der Waals surface area contributed by atoms with E-state index in [0.29, 0.717) is 28.5 Å². The van der Waals surface area contributed by atoms with Gasteiger partial charge in [0.1, 0.15) is 34.9 Å². The lowest BCUT2D eigenvalue weighted by molar-refractivity contribution is -0.425. The van der Waals surface area contributed by atoms with Crippen LogP contribution in [-0.2, 0) is 19.1 Å². The maximum Gasteiger partial charge on any atom is 0.502 e. The van der Waals surface area contributed by atoms with Crippen LogP contribution in [0.15, 0.2) is 47.7 Å². The first kappa shape index (κ1) is 23.7. The molecule has 1 N–H and O–H groups in total. The molecule has 2 aliphatic carbocycles. The average Bonchev–Trinajstić information content (AvgIpc) is 2.87. The summed E-state index contributed by atoms with van der Waals surface area (Å²) in [7, 11) is 4.59. The lowest BCUT2D eigenvalue weighted by Gasteiger charge is -2.32. The van der Waals surface area contributed by atoms with Gasteiger partial charge in [-0.2, -0.15) is 14.3 Å². The lowest BCUT2D eigenvalue weighted by atomic mass is 9.91. The number of carbonyl (C=O) groups is 3. The van der Waals surface area contributed by atoms with Crippen LogP contribution in [-0.4, -0.2) is 73.1 Å². The highest BCUT2D eigenvalue weighted by Crippen LogP contribution is 2.30. The molecular weight excluding hydrogens is 438 g/mol. The Morgan fingerprint density at radius 2 is 1.76 bits per heavy atom. The molecule has 1 atom stereocenters. The second-order valence-electron chi connectivity index (χ2n) is 8.49. The van der Waals surface area contributed by atoms with Gasteiger partial charge in [0.25, 0.3) is 5.91 Å². The normalized spacial score (nSPS) is 21.0. The van der Waals surface area contributed by atoms with E-state index in [2.05, 4.69) is 5.32 Å². The van der Waals surface area contributed by atoms with Gasteiger partial charge in [0.05, 0.1) is 14.2 Å². The summed E-state index contributed by atoms with van der Waals surface area (Å²) in [6.45, 7) is -0.251. The smallest absolute Gasteiger partial charge is 0.498 e. The third-order valence-corrected chi connectivity index (χ3v) is 6.44. The number of methoxy groups -OCH3 is 3. The van der Waals surface area contributed by atoms with Crippen LogP contribution in [0.5, 0.6) is 5.75 Å². The number of fused-ring (bicyclic) bond motifs is 1. The van der Waals surface area contributed by atoms with E-state index in [9.17, 15) is 14.4 Å². The Kier molecular flexibility index (Phi) is 7.12. The fourth-order valence-corrected chi connectivity index (χ4v) is 4.66. The van der Waals surface area contributed by atoms with E-state index in [1.807, 2.05) is 0 Å². The van der Waals surface area contributed by atoms with Gasteiger partial charge in [0, 0.05) is 18.9 Å². The van der Waals surface area contributed by atoms with Crippen LogP contribution < -0.4 is 10.1 Å². The molecule has 1 aromatic rings. The van der Waals surface area contributed by atoms with Crippen molar-refractivity contribution in [3.8, 4) is 5.75 Å². The maximum atomic E-state index is 13.6. The van der Waals surface area contributed by atoms with Crippen LogP contribution in [0, 0.1) is 0 Å². The molecule has 1 saturated carbocycles. The number of benzene rings is 1. The Hall–Kier alpha value is -3.46. The van der Waals surface area contributed by atoms with Crippen molar-refractivity contribution >= 4 is 29.2 Å². The van der Waals surface area contributed by atoms with Gasteiger partial charge in [-0.3, -0.25) is 4.79 Å². The number of nitrogens with zero attached hydrogens (tertiary/aromatic N) is 2. The van der Waals surface area contributed by atoms with Crippen LogP contribution in [0.25, 0.3) is 0 Å². The summed E-state index contributed by atoms with van der Waals surface area (Å²) < 4.78 is 17.4. The van der Waals surface area contributed by atoms with E-state index in [-0.39, 0.29) is 24.4 Å². The first-order valence-corrected chi connectivity index (χ1v) is 11.4. The quantitative estimate of drug-likeness (QED) is 0.618. The fraction of sp³-hybridized carbons (Fsp3) is 0.440. The van der Waals surface area contributed by atoms with Gasteiger partial charge < -0.3 is 19.5 Å². The summed E-state index contributed by atoms with van der Waals surface area (Å²) >= 11 is 0. The van der Waals surface area contributed by atoms with Gasteiger partial charge in [-0.05, 0) is 56.0 Å². The molecule has 0 saturated heterocycles. The van der Waals surface area contributed by atoms with Crippen LogP contribution in [0.3, 0.4) is 0 Å². The number of rotatable bonds is 7. The van der Waals surface area contributed by atoms with Crippen LogP contribution in [0.1, 0.15) is 32.1 Å². The Labute approximate surface area is 198 Å². The predicted octanol–water partition coefficient (Wildman–Crippen LogP) is 2.87. The molecule has 4 amide bonds. The number of imide groups is 1. The second-order valence-corrected chi connectivity index (χ2v) is 8.49. The number of allylic oxidation sites excluding steroid dienone is 1. The molecular formula is C25H30N3O6+. The Morgan fingerprint density at radius 1 is 1.06 bits per heavy atom. The highest BCUT2D eigenvalue weighted by molar-refractivity contribution is 6.29. The molecule has 0 aromatic heterocycles. The third-order valence-electron chi connectivity index (χ3n) is 6.44. The van der Waals surface area contributed by atoms with Crippen molar-refractivity contribution in [2.24, 2.45) is 0 Å². The summed E-state index contributed by atoms with van der Waals surface area (Å²) in [5.41, 5.74) is 1.26. The summed E-state index contributed by atoms with van der Waals surface area (Å²) in [4.78, 5) is 41.3. The Balaban J connectivity index is 1.68. The number of nitrogens with one attached hydrogen (secondary N) is 1. The zero-order chi connectivity index (χ0) is 24.2. The number of urea groups is 1. The fourth-order valence-electron chi connectivity index (χ4n) is 4.66. The topological polar surface area (TPSA) is 97.2 Å². The summed E-state index contributed by atoms with van der Waals surface area (Å²) in [6, 6.07) is 6.24. The molecule has 3 aliphatic rings. The van der Waals surface area contributed by atoms with Crippen molar-refractivity contribution in [2.45, 2.75) is 44.2 Å². The molecule has 1 aromatic carbocycles. The van der Waals surface area contributed by atoms with Gasteiger partial charge >= 0.3 is 11.9 Å². The van der Waals surface area contributed by atoms with Crippen molar-refractivity contribution in [1.82, 2.24) is 4.90 Å². The largest absolute Gasteiger partial charge is 0.502 e. The van der Waals surface area contributed by atoms with E-state index < -0.39 is 12.1 Å². The monoisotopic (exact) mass is 468 g/mol. The van der Waals surface area contributed by atoms with Crippen molar-refractivity contribution in [1.29, 1.82) is 0 Å². The molecule has 1 unspecified atom stereocenters. The van der Waals surface area contributed by atoms with Crippen molar-refractivity contribution in [3.63, 3.8) is 0 Å². The average molecular weight is 469 g/mol. The van der Waals surface area contributed by atoms with E-state index in [0.717, 1.165) is 32.1 Å². The minimum absolute atomic E-state index is 0.183. The lowest BCUT2D eigenvalue weighted by Crippen LogP contribution is -2.57. The van der Waals surface area contributed by atoms with Crippen molar-refractivity contribution < 1.29 is 33.2 Å².